The maximum atomic E-state index is 13.1. The number of urea groups is 1. The summed E-state index contributed by atoms with van der Waals surface area (Å²) in [6, 6.07) is 8.41. The number of benzene rings is 2. The third-order valence-corrected chi connectivity index (χ3v) is 4.29. The van der Waals surface area contributed by atoms with Crippen LogP contribution in [0.3, 0.4) is 0 Å². The van der Waals surface area contributed by atoms with Crippen molar-refractivity contribution in [3.8, 4) is 11.5 Å². The van der Waals surface area contributed by atoms with E-state index in [4.69, 9.17) is 9.47 Å². The van der Waals surface area contributed by atoms with Crippen LogP contribution in [0.2, 0.25) is 0 Å². The molecular formula is C22H19FN2O5. The van der Waals surface area contributed by atoms with E-state index in [2.05, 4.69) is 6.58 Å². The molecule has 1 aliphatic rings. The van der Waals surface area contributed by atoms with Crippen LogP contribution in [0.25, 0.3) is 6.08 Å². The van der Waals surface area contributed by atoms with Crippen molar-refractivity contribution in [2.24, 2.45) is 0 Å². The third kappa shape index (κ3) is 4.72. The van der Waals surface area contributed by atoms with E-state index in [0.29, 0.717) is 29.0 Å². The number of hydrogen-bond donors (Lipinski definition) is 2. The number of nitrogens with one attached hydrogen (secondary N) is 2. The van der Waals surface area contributed by atoms with Crippen LogP contribution in [0.5, 0.6) is 11.5 Å². The van der Waals surface area contributed by atoms with Gasteiger partial charge in [-0.1, -0.05) is 18.2 Å². The monoisotopic (exact) mass is 410 g/mol. The molecule has 2 N–H and O–H groups in total. The van der Waals surface area contributed by atoms with E-state index < -0.39 is 17.8 Å². The number of halogens is 1. The number of carbonyl (C=O) groups is 3. The molecule has 7 nitrogen and oxygen atoms in total. The van der Waals surface area contributed by atoms with E-state index in [1.54, 1.807) is 30.3 Å². The van der Waals surface area contributed by atoms with E-state index in [-0.39, 0.29) is 18.0 Å². The fraction of sp³-hybridized carbons (Fsp3) is 0.136. The predicted octanol–water partition coefficient (Wildman–Crippen LogP) is 2.89. The predicted molar refractivity (Wildman–Crippen MR) is 107 cm³/mol. The van der Waals surface area contributed by atoms with Gasteiger partial charge in [-0.2, -0.15) is 0 Å². The van der Waals surface area contributed by atoms with Crippen LogP contribution in [0.15, 0.2) is 54.6 Å². The van der Waals surface area contributed by atoms with Crippen LogP contribution in [0.4, 0.5) is 9.18 Å². The van der Waals surface area contributed by atoms with Gasteiger partial charge in [0.2, 0.25) is 0 Å². The number of barbiturate groups is 1. The smallest absolute Gasteiger partial charge is 0.328 e. The zero-order valence-electron chi connectivity index (χ0n) is 16.2. The van der Waals surface area contributed by atoms with Crippen molar-refractivity contribution in [2.45, 2.75) is 13.0 Å². The lowest BCUT2D eigenvalue weighted by Crippen LogP contribution is -2.51. The molecule has 1 aliphatic heterocycles. The van der Waals surface area contributed by atoms with E-state index in [0.717, 1.165) is 5.56 Å². The molecule has 0 saturated carbocycles. The number of carbonyl (C=O) groups excluding carboxylic acids is 3. The summed E-state index contributed by atoms with van der Waals surface area (Å²) in [5.41, 5.74) is 1.79. The number of allylic oxidation sites excluding steroid dienone is 1. The summed E-state index contributed by atoms with van der Waals surface area (Å²) in [5.74, 6) is -1.06. The molecule has 8 heteroatoms. The molecule has 1 saturated heterocycles. The number of methoxy groups -OCH3 is 1. The molecule has 1 fully saturated rings. The largest absolute Gasteiger partial charge is 0.493 e. The second kappa shape index (κ2) is 9.04. The summed E-state index contributed by atoms with van der Waals surface area (Å²) in [4.78, 5) is 35.2. The second-order valence-corrected chi connectivity index (χ2v) is 6.41. The highest BCUT2D eigenvalue weighted by Crippen LogP contribution is 2.35. The minimum Gasteiger partial charge on any atom is -0.493 e. The lowest BCUT2D eigenvalue weighted by molar-refractivity contribution is -0.123. The fourth-order valence-electron chi connectivity index (χ4n) is 2.90. The molecule has 0 bridgehead atoms. The molecule has 3 rings (SSSR count). The number of amides is 4. The Balaban J connectivity index is 1.94. The molecule has 0 aliphatic carbocycles. The molecule has 4 amide bonds. The first-order chi connectivity index (χ1) is 14.4. The Morgan fingerprint density at radius 1 is 1.07 bits per heavy atom. The molecule has 30 heavy (non-hydrogen) atoms. The summed E-state index contributed by atoms with van der Waals surface area (Å²) in [7, 11) is 1.47. The average molecular weight is 410 g/mol. The number of imide groups is 2. The van der Waals surface area contributed by atoms with Gasteiger partial charge in [0, 0.05) is 5.56 Å². The first kappa shape index (κ1) is 20.8. The van der Waals surface area contributed by atoms with Crippen LogP contribution < -0.4 is 20.1 Å². The highest BCUT2D eigenvalue weighted by Gasteiger charge is 2.28. The Labute approximate surface area is 172 Å². The molecular weight excluding hydrogens is 391 g/mol. The Morgan fingerprint density at radius 2 is 1.73 bits per heavy atom. The Morgan fingerprint density at radius 3 is 2.33 bits per heavy atom. The zero-order chi connectivity index (χ0) is 21.7. The summed E-state index contributed by atoms with van der Waals surface area (Å²) >= 11 is 0. The van der Waals surface area contributed by atoms with Crippen molar-refractivity contribution in [3.63, 3.8) is 0 Å². The van der Waals surface area contributed by atoms with Crippen LogP contribution in [-0.4, -0.2) is 25.0 Å². The number of rotatable bonds is 7. The molecule has 0 atom stereocenters. The Hall–Kier alpha value is -3.94. The Bertz CT molecular complexity index is 1020. The molecule has 0 unspecified atom stereocenters. The van der Waals surface area contributed by atoms with Gasteiger partial charge in [0.25, 0.3) is 11.8 Å². The van der Waals surface area contributed by atoms with Gasteiger partial charge in [0.1, 0.15) is 18.0 Å². The van der Waals surface area contributed by atoms with Gasteiger partial charge in [-0.15, -0.1) is 6.58 Å². The normalized spacial score (nSPS) is 13.4. The van der Waals surface area contributed by atoms with E-state index in [9.17, 15) is 18.8 Å². The fourth-order valence-corrected chi connectivity index (χ4v) is 2.90. The molecule has 0 aromatic heterocycles. The highest BCUT2D eigenvalue weighted by molar-refractivity contribution is 6.31. The van der Waals surface area contributed by atoms with E-state index in [1.165, 1.54) is 25.3 Å². The average Bonchev–Trinajstić information content (AvgIpc) is 2.71. The minimum atomic E-state index is -0.864. The third-order valence-electron chi connectivity index (χ3n) is 4.29. The standard InChI is InChI=1S/C22H19FN2O5/c1-3-4-15-9-14(10-17-20(26)24-22(28)25-21(17)27)11-18(29-2)19(15)30-12-13-5-7-16(23)8-6-13/h3,5-11H,1,4,12H2,2H3,(H2,24,25,26,27,28). The van der Waals surface area contributed by atoms with Crippen molar-refractivity contribution < 1.29 is 28.2 Å². The van der Waals surface area contributed by atoms with Crippen LogP contribution in [0, 0.1) is 5.82 Å². The molecule has 0 spiro atoms. The molecule has 2 aromatic carbocycles. The first-order valence-electron chi connectivity index (χ1n) is 8.98. The van der Waals surface area contributed by atoms with Crippen molar-refractivity contribution in [3.05, 3.63) is 77.1 Å². The van der Waals surface area contributed by atoms with Crippen molar-refractivity contribution in [2.75, 3.05) is 7.11 Å². The second-order valence-electron chi connectivity index (χ2n) is 6.41. The van der Waals surface area contributed by atoms with Crippen molar-refractivity contribution in [1.29, 1.82) is 0 Å². The molecule has 2 aromatic rings. The first-order valence-corrected chi connectivity index (χ1v) is 8.98. The van der Waals surface area contributed by atoms with Gasteiger partial charge in [-0.3, -0.25) is 20.2 Å². The van der Waals surface area contributed by atoms with Gasteiger partial charge in [-0.05, 0) is 47.9 Å². The van der Waals surface area contributed by atoms with Crippen molar-refractivity contribution >= 4 is 23.9 Å². The minimum absolute atomic E-state index is 0.189. The lowest BCUT2D eigenvalue weighted by atomic mass is 10.0. The summed E-state index contributed by atoms with van der Waals surface area (Å²) in [6.45, 7) is 3.93. The highest BCUT2D eigenvalue weighted by atomic mass is 19.1. The summed E-state index contributed by atoms with van der Waals surface area (Å²) in [6.07, 6.45) is 3.47. The number of hydrogen-bond acceptors (Lipinski definition) is 5. The SMILES string of the molecule is C=CCc1cc(C=C2C(=O)NC(=O)NC2=O)cc(OC)c1OCc1ccc(F)cc1. The number of ether oxygens (including phenoxy) is 2. The van der Waals surface area contributed by atoms with Crippen LogP contribution in [-0.2, 0) is 22.6 Å². The van der Waals surface area contributed by atoms with Gasteiger partial charge in [-0.25, -0.2) is 9.18 Å². The van der Waals surface area contributed by atoms with Crippen molar-refractivity contribution in [1.82, 2.24) is 10.6 Å². The van der Waals surface area contributed by atoms with Crippen LogP contribution >= 0.6 is 0 Å². The maximum absolute atomic E-state index is 13.1. The Kier molecular flexibility index (Phi) is 6.26. The molecule has 1 heterocycles. The van der Waals surface area contributed by atoms with Gasteiger partial charge in [0.05, 0.1) is 7.11 Å². The van der Waals surface area contributed by atoms with Crippen LogP contribution in [0.1, 0.15) is 16.7 Å². The zero-order valence-corrected chi connectivity index (χ0v) is 16.2. The van der Waals surface area contributed by atoms with Gasteiger partial charge in [0.15, 0.2) is 11.5 Å². The van der Waals surface area contributed by atoms with Gasteiger partial charge >= 0.3 is 6.03 Å². The lowest BCUT2D eigenvalue weighted by Gasteiger charge is -2.17. The quantitative estimate of drug-likeness (QED) is 0.416. The summed E-state index contributed by atoms with van der Waals surface area (Å²) < 4.78 is 24.5. The van der Waals surface area contributed by atoms with E-state index in [1.807, 2.05) is 10.6 Å². The molecule has 154 valence electrons. The van der Waals surface area contributed by atoms with Gasteiger partial charge < -0.3 is 9.47 Å². The topological polar surface area (TPSA) is 93.7 Å². The van der Waals surface area contributed by atoms with E-state index >= 15 is 0 Å². The molecule has 0 radical (unpaired) electrons. The maximum Gasteiger partial charge on any atom is 0.328 e. The summed E-state index contributed by atoms with van der Waals surface area (Å²) in [5, 5.41) is 4.05.